The van der Waals surface area contributed by atoms with Crippen LogP contribution in [-0.2, 0) is 0 Å². The molecule has 0 bridgehead atoms. The molecule has 1 aliphatic carbocycles. The minimum atomic E-state index is -0.886. The minimum Gasteiger partial charge on any atom is -0.345 e. The molecule has 2 N–H and O–H groups in total. The summed E-state index contributed by atoms with van der Waals surface area (Å²) < 4.78 is 12.7. The Balaban J connectivity index is 1.68. The van der Waals surface area contributed by atoms with Crippen LogP contribution in [0.1, 0.15) is 28.9 Å². The Morgan fingerprint density at radius 1 is 1.47 bits per heavy atom. The van der Waals surface area contributed by atoms with E-state index >= 15 is 0 Å². The molecular formula is C14H16FN3O. The molecule has 2 aliphatic rings. The van der Waals surface area contributed by atoms with Gasteiger partial charge in [-0.3, -0.25) is 9.78 Å². The Kier molecular flexibility index (Phi) is 3.29. The molecule has 19 heavy (non-hydrogen) atoms. The van der Waals surface area contributed by atoms with Gasteiger partial charge in [-0.25, -0.2) is 4.39 Å². The van der Waals surface area contributed by atoms with E-state index in [2.05, 4.69) is 21.7 Å². The van der Waals surface area contributed by atoms with Crippen molar-refractivity contribution < 1.29 is 9.18 Å². The van der Waals surface area contributed by atoms with Gasteiger partial charge in [0.1, 0.15) is 11.9 Å². The average Bonchev–Trinajstić information content (AvgIpc) is 3.15. The fourth-order valence-corrected chi connectivity index (χ4v) is 2.16. The molecule has 1 amide bonds. The number of hydrogen-bond donors (Lipinski definition) is 2. The second-order valence-corrected chi connectivity index (χ2v) is 4.95. The van der Waals surface area contributed by atoms with Crippen LogP contribution >= 0.6 is 0 Å². The number of nitrogens with one attached hydrogen (secondary N) is 2. The van der Waals surface area contributed by atoms with Gasteiger partial charge in [0.15, 0.2) is 0 Å². The molecule has 0 unspecified atom stereocenters. The summed E-state index contributed by atoms with van der Waals surface area (Å²) in [7, 11) is 0. The quantitative estimate of drug-likeness (QED) is 0.862. The number of amides is 1. The molecule has 5 heteroatoms. The zero-order valence-electron chi connectivity index (χ0n) is 10.5. The maximum Gasteiger partial charge on any atom is 0.270 e. The second kappa shape index (κ2) is 5.09. The molecule has 0 spiro atoms. The first kappa shape index (κ1) is 12.3. The predicted molar refractivity (Wildman–Crippen MR) is 70.5 cm³/mol. The lowest BCUT2D eigenvalue weighted by Crippen LogP contribution is -2.27. The van der Waals surface area contributed by atoms with Crippen LogP contribution in [0.2, 0.25) is 0 Å². The predicted octanol–water partition coefficient (Wildman–Crippen LogP) is 1.30. The van der Waals surface area contributed by atoms with Gasteiger partial charge in [-0.2, -0.15) is 0 Å². The molecule has 1 aromatic rings. The topological polar surface area (TPSA) is 54.0 Å². The number of rotatable bonds is 3. The summed E-state index contributed by atoms with van der Waals surface area (Å²) in [5.74, 6) is -0.295. The Labute approximate surface area is 111 Å². The van der Waals surface area contributed by atoms with Gasteiger partial charge in [0, 0.05) is 19.2 Å². The van der Waals surface area contributed by atoms with Crippen molar-refractivity contribution in [3.8, 4) is 0 Å². The Hall–Kier alpha value is -1.75. The highest BCUT2D eigenvalue weighted by Crippen LogP contribution is 2.25. The van der Waals surface area contributed by atoms with Crippen molar-refractivity contribution in [1.82, 2.24) is 15.6 Å². The van der Waals surface area contributed by atoms with E-state index in [9.17, 15) is 9.18 Å². The summed E-state index contributed by atoms with van der Waals surface area (Å²) in [5.41, 5.74) is 2.65. The maximum absolute atomic E-state index is 12.7. The Morgan fingerprint density at radius 2 is 2.32 bits per heavy atom. The van der Waals surface area contributed by atoms with E-state index in [1.165, 1.54) is 5.57 Å². The molecule has 4 nitrogen and oxygen atoms in total. The lowest BCUT2D eigenvalue weighted by Gasteiger charge is -2.14. The number of carbonyl (C=O) groups is 1. The highest BCUT2D eigenvalue weighted by Gasteiger charge is 2.38. The van der Waals surface area contributed by atoms with E-state index in [-0.39, 0.29) is 11.9 Å². The SMILES string of the molecule is O=C(N[C@@H]1C[C@@H]1F)c1ccc(C2=CCNCC2)cn1. The highest BCUT2D eigenvalue weighted by molar-refractivity contribution is 5.93. The molecule has 2 atom stereocenters. The van der Waals surface area contributed by atoms with Crippen LogP contribution < -0.4 is 10.6 Å². The molecule has 2 heterocycles. The third-order valence-electron chi connectivity index (χ3n) is 3.46. The van der Waals surface area contributed by atoms with Crippen LogP contribution in [0.15, 0.2) is 24.4 Å². The second-order valence-electron chi connectivity index (χ2n) is 4.95. The van der Waals surface area contributed by atoms with Crippen molar-refractivity contribution in [3.05, 3.63) is 35.7 Å². The van der Waals surface area contributed by atoms with Gasteiger partial charge >= 0.3 is 0 Å². The van der Waals surface area contributed by atoms with Crippen molar-refractivity contribution in [2.45, 2.75) is 25.1 Å². The zero-order chi connectivity index (χ0) is 13.2. The van der Waals surface area contributed by atoms with Gasteiger partial charge in [0.2, 0.25) is 0 Å². The van der Waals surface area contributed by atoms with Gasteiger partial charge in [0.05, 0.1) is 6.04 Å². The molecule has 1 aromatic heterocycles. The van der Waals surface area contributed by atoms with E-state index in [1.807, 2.05) is 6.07 Å². The number of aromatic nitrogens is 1. The summed E-state index contributed by atoms with van der Waals surface area (Å²) >= 11 is 0. The molecule has 100 valence electrons. The van der Waals surface area contributed by atoms with Gasteiger partial charge in [-0.05, 0) is 30.2 Å². The number of nitrogens with zero attached hydrogens (tertiary/aromatic N) is 1. The van der Waals surface area contributed by atoms with Crippen LogP contribution in [0.4, 0.5) is 4.39 Å². The number of pyridine rings is 1. The molecule has 0 radical (unpaired) electrons. The summed E-state index contributed by atoms with van der Waals surface area (Å²) in [5, 5.41) is 5.87. The number of hydrogen-bond acceptors (Lipinski definition) is 3. The van der Waals surface area contributed by atoms with Crippen molar-refractivity contribution in [2.75, 3.05) is 13.1 Å². The van der Waals surface area contributed by atoms with Crippen LogP contribution in [0, 0.1) is 0 Å². The van der Waals surface area contributed by atoms with Crippen molar-refractivity contribution in [1.29, 1.82) is 0 Å². The van der Waals surface area contributed by atoms with Crippen LogP contribution in [0.3, 0.4) is 0 Å². The van der Waals surface area contributed by atoms with Crippen LogP contribution in [-0.4, -0.2) is 36.2 Å². The summed E-state index contributed by atoms with van der Waals surface area (Å²) in [6, 6.07) is 3.28. The molecular weight excluding hydrogens is 245 g/mol. The summed E-state index contributed by atoms with van der Waals surface area (Å²) in [6.45, 7) is 1.84. The fraction of sp³-hybridized carbons (Fsp3) is 0.429. The third-order valence-corrected chi connectivity index (χ3v) is 3.46. The molecule has 1 fully saturated rings. The molecule has 0 saturated heterocycles. The van der Waals surface area contributed by atoms with Gasteiger partial charge < -0.3 is 10.6 Å². The first-order valence-electron chi connectivity index (χ1n) is 6.55. The number of alkyl halides is 1. The minimum absolute atomic E-state index is 0.295. The van der Waals surface area contributed by atoms with E-state index in [0.29, 0.717) is 12.1 Å². The Bertz CT molecular complexity index is 512. The summed E-state index contributed by atoms with van der Waals surface area (Å²) in [6.07, 6.45) is 4.36. The fourth-order valence-electron chi connectivity index (χ4n) is 2.16. The lowest BCUT2D eigenvalue weighted by molar-refractivity contribution is 0.0942. The highest BCUT2D eigenvalue weighted by atomic mass is 19.1. The molecule has 1 saturated carbocycles. The van der Waals surface area contributed by atoms with Crippen molar-refractivity contribution in [3.63, 3.8) is 0 Å². The largest absolute Gasteiger partial charge is 0.345 e. The Morgan fingerprint density at radius 3 is 2.89 bits per heavy atom. The average molecular weight is 261 g/mol. The van der Waals surface area contributed by atoms with Crippen LogP contribution in [0.25, 0.3) is 5.57 Å². The molecule has 1 aliphatic heterocycles. The van der Waals surface area contributed by atoms with E-state index in [0.717, 1.165) is 25.1 Å². The summed E-state index contributed by atoms with van der Waals surface area (Å²) in [4.78, 5) is 15.9. The van der Waals surface area contributed by atoms with Crippen molar-refractivity contribution in [2.24, 2.45) is 0 Å². The van der Waals surface area contributed by atoms with Gasteiger partial charge in [-0.15, -0.1) is 0 Å². The third kappa shape index (κ3) is 2.81. The van der Waals surface area contributed by atoms with Crippen LogP contribution in [0.5, 0.6) is 0 Å². The van der Waals surface area contributed by atoms with E-state index in [4.69, 9.17) is 0 Å². The zero-order valence-corrected chi connectivity index (χ0v) is 10.5. The standard InChI is InChI=1S/C14H16FN3O/c15-11-7-13(11)18-14(19)12-2-1-10(8-17-12)9-3-5-16-6-4-9/h1-3,8,11,13,16H,4-7H2,(H,18,19)/t11-,13+/m0/s1. The normalized spacial score (nSPS) is 25.6. The molecule has 3 rings (SSSR count). The lowest BCUT2D eigenvalue weighted by atomic mass is 10.0. The number of carbonyl (C=O) groups excluding carboxylic acids is 1. The van der Waals surface area contributed by atoms with E-state index in [1.54, 1.807) is 12.3 Å². The first-order chi connectivity index (χ1) is 9.24. The van der Waals surface area contributed by atoms with E-state index < -0.39 is 6.17 Å². The van der Waals surface area contributed by atoms with Gasteiger partial charge in [0.25, 0.3) is 5.91 Å². The molecule has 0 aromatic carbocycles. The van der Waals surface area contributed by atoms with Gasteiger partial charge in [-0.1, -0.05) is 12.1 Å². The monoisotopic (exact) mass is 261 g/mol. The number of halogens is 1. The van der Waals surface area contributed by atoms with Crippen molar-refractivity contribution >= 4 is 11.5 Å². The maximum atomic E-state index is 12.7. The smallest absolute Gasteiger partial charge is 0.270 e. The first-order valence-corrected chi connectivity index (χ1v) is 6.55.